The van der Waals surface area contributed by atoms with Crippen LogP contribution in [0.25, 0.3) is 0 Å². The Morgan fingerprint density at radius 1 is 0.455 bits per heavy atom. The quantitative estimate of drug-likeness (QED) is 0.440. The van der Waals surface area contributed by atoms with Crippen LogP contribution < -0.4 is 25.7 Å². The van der Waals surface area contributed by atoms with Crippen LogP contribution in [0.15, 0.2) is 103 Å². The van der Waals surface area contributed by atoms with Crippen molar-refractivity contribution in [3.8, 4) is 0 Å². The molecule has 5 rings (SSSR count). The third-order valence-electron chi connectivity index (χ3n) is 5.33. The van der Waals surface area contributed by atoms with E-state index in [1.165, 1.54) is 24.3 Å². The molecule has 3 aromatic carbocycles. The lowest BCUT2D eigenvalue weighted by molar-refractivity contribution is -0.121. The first-order chi connectivity index (χ1) is 16.0. The first kappa shape index (κ1) is 20.7. The third-order valence-corrected chi connectivity index (χ3v) is 7.73. The van der Waals surface area contributed by atoms with Crippen LogP contribution in [-0.2, 0) is 19.2 Å². The normalized spacial score (nSPS) is 15.4. The molecule has 0 N–H and O–H groups in total. The van der Waals surface area contributed by atoms with Crippen molar-refractivity contribution in [3.63, 3.8) is 0 Å². The smallest absolute Gasteiger partial charge is 0.258 e. The topological polar surface area (TPSA) is 74.8 Å². The second-order valence-electron chi connectivity index (χ2n) is 7.40. The highest BCUT2D eigenvalue weighted by atomic mass is 31.1. The van der Waals surface area contributed by atoms with E-state index in [1.807, 2.05) is 66.7 Å². The molecule has 160 valence electrons. The van der Waals surface area contributed by atoms with Gasteiger partial charge in [-0.3, -0.25) is 19.2 Å². The lowest BCUT2D eigenvalue weighted by atomic mass is 10.3. The maximum absolute atomic E-state index is 12.2. The van der Waals surface area contributed by atoms with Crippen molar-refractivity contribution in [2.24, 2.45) is 0 Å². The Morgan fingerprint density at radius 3 is 1.27 bits per heavy atom. The number of rotatable bonds is 5. The number of hydrogen-bond acceptors (Lipinski definition) is 4. The van der Waals surface area contributed by atoms with E-state index < -0.39 is 7.92 Å². The summed E-state index contributed by atoms with van der Waals surface area (Å²) in [4.78, 5) is 51.1. The molecule has 7 heteroatoms. The van der Waals surface area contributed by atoms with Crippen LogP contribution in [0, 0.1) is 0 Å². The Morgan fingerprint density at radius 2 is 0.848 bits per heavy atom. The van der Waals surface area contributed by atoms with E-state index >= 15 is 0 Å². The highest BCUT2D eigenvalue weighted by molar-refractivity contribution is 7.79. The van der Waals surface area contributed by atoms with Crippen molar-refractivity contribution in [1.29, 1.82) is 0 Å². The van der Waals surface area contributed by atoms with Gasteiger partial charge >= 0.3 is 0 Å². The van der Waals surface area contributed by atoms with Gasteiger partial charge in [-0.15, -0.1) is 0 Å². The number of carbonyl (C=O) groups excluding carboxylic acids is 4. The molecule has 4 amide bonds. The van der Waals surface area contributed by atoms with E-state index in [-0.39, 0.29) is 23.6 Å². The molecule has 0 radical (unpaired) electrons. The fourth-order valence-corrected chi connectivity index (χ4v) is 6.23. The molecule has 0 saturated heterocycles. The maximum Gasteiger partial charge on any atom is 0.258 e. The van der Waals surface area contributed by atoms with Gasteiger partial charge in [0.2, 0.25) is 0 Å². The van der Waals surface area contributed by atoms with Gasteiger partial charge < -0.3 is 0 Å². The lowest BCUT2D eigenvalue weighted by Gasteiger charge is -2.23. The van der Waals surface area contributed by atoms with Crippen molar-refractivity contribution in [2.45, 2.75) is 0 Å². The zero-order chi connectivity index (χ0) is 22.9. The van der Waals surface area contributed by atoms with Gasteiger partial charge in [0, 0.05) is 24.3 Å². The molecule has 0 unspecified atom stereocenters. The second kappa shape index (κ2) is 8.41. The van der Waals surface area contributed by atoms with Gasteiger partial charge in [0.15, 0.2) is 0 Å². The predicted octanol–water partition coefficient (Wildman–Crippen LogP) is 2.30. The van der Waals surface area contributed by atoms with Crippen LogP contribution in [0.4, 0.5) is 11.4 Å². The zero-order valence-electron chi connectivity index (χ0n) is 17.3. The van der Waals surface area contributed by atoms with Gasteiger partial charge in [-0.2, -0.15) is 0 Å². The lowest BCUT2D eigenvalue weighted by Crippen LogP contribution is -2.31. The number of imide groups is 2. The molecule has 2 aliphatic rings. The standard InChI is InChI=1S/C26H17N2O4P/c29-23-12-13-24(30)27(23)18-6-4-10-21(16-18)33(20-8-2-1-3-9-20)22-11-5-7-19(17-22)28-25(31)14-15-26(28)32/h1-17H. The Labute approximate surface area is 191 Å². The van der Waals surface area contributed by atoms with Crippen LogP contribution in [0.1, 0.15) is 0 Å². The summed E-state index contributed by atoms with van der Waals surface area (Å²) in [5.74, 6) is -1.49. The van der Waals surface area contributed by atoms with Gasteiger partial charge in [-0.1, -0.05) is 54.6 Å². The minimum Gasteiger partial charge on any atom is -0.269 e. The first-order valence-corrected chi connectivity index (χ1v) is 11.5. The van der Waals surface area contributed by atoms with Crippen molar-refractivity contribution in [2.75, 3.05) is 9.80 Å². The average molecular weight is 452 g/mol. The molecule has 2 aliphatic heterocycles. The van der Waals surface area contributed by atoms with E-state index in [9.17, 15) is 19.2 Å². The number of benzene rings is 3. The summed E-state index contributed by atoms with van der Waals surface area (Å²) >= 11 is 0. The molecule has 0 atom stereocenters. The molecule has 6 nitrogen and oxygen atoms in total. The summed E-state index contributed by atoms with van der Waals surface area (Å²) in [6.45, 7) is 0. The van der Waals surface area contributed by atoms with E-state index in [1.54, 1.807) is 12.1 Å². The summed E-state index contributed by atoms with van der Waals surface area (Å²) in [7, 11) is -1.10. The maximum atomic E-state index is 12.2. The number of carbonyl (C=O) groups is 4. The fourth-order valence-electron chi connectivity index (χ4n) is 3.88. The van der Waals surface area contributed by atoms with Crippen molar-refractivity contribution >= 4 is 58.8 Å². The van der Waals surface area contributed by atoms with Gasteiger partial charge in [-0.25, -0.2) is 9.80 Å². The van der Waals surface area contributed by atoms with E-state index in [0.717, 1.165) is 25.7 Å². The average Bonchev–Trinajstić information content (AvgIpc) is 3.35. The van der Waals surface area contributed by atoms with Gasteiger partial charge in [0.1, 0.15) is 0 Å². The zero-order valence-corrected chi connectivity index (χ0v) is 18.2. The van der Waals surface area contributed by atoms with Crippen LogP contribution >= 0.6 is 7.92 Å². The molecule has 0 aromatic heterocycles. The van der Waals surface area contributed by atoms with Crippen LogP contribution in [-0.4, -0.2) is 23.6 Å². The SMILES string of the molecule is O=C1C=CC(=O)N1c1cccc(P(c2ccccc2)c2cccc(N3C(=O)C=CC3=O)c2)c1. The Kier molecular flexibility index (Phi) is 5.29. The molecular weight excluding hydrogens is 435 g/mol. The Bertz CT molecular complexity index is 1240. The fraction of sp³-hybridized carbons (Fsp3) is 0. The van der Waals surface area contributed by atoms with Gasteiger partial charge in [-0.05, 0) is 48.1 Å². The minimum atomic E-state index is -1.10. The molecule has 0 aliphatic carbocycles. The molecule has 0 fully saturated rings. The van der Waals surface area contributed by atoms with E-state index in [0.29, 0.717) is 11.4 Å². The molecule has 3 aromatic rings. The van der Waals surface area contributed by atoms with Crippen LogP contribution in [0.2, 0.25) is 0 Å². The van der Waals surface area contributed by atoms with Crippen LogP contribution in [0.3, 0.4) is 0 Å². The summed E-state index contributed by atoms with van der Waals surface area (Å²) in [5.41, 5.74) is 1.00. The first-order valence-electron chi connectivity index (χ1n) is 10.2. The number of nitrogens with zero attached hydrogens (tertiary/aromatic N) is 2. The molecule has 0 bridgehead atoms. The number of hydrogen-bond donors (Lipinski definition) is 0. The minimum absolute atomic E-state index is 0.373. The Balaban J connectivity index is 1.61. The second-order valence-corrected chi connectivity index (χ2v) is 9.62. The van der Waals surface area contributed by atoms with Crippen LogP contribution in [0.5, 0.6) is 0 Å². The summed E-state index contributed by atoms with van der Waals surface area (Å²) in [6, 6.07) is 24.6. The van der Waals surface area contributed by atoms with Crippen molar-refractivity contribution < 1.29 is 19.2 Å². The number of amides is 4. The third kappa shape index (κ3) is 3.81. The number of anilines is 2. The predicted molar refractivity (Wildman–Crippen MR) is 128 cm³/mol. The summed E-state index contributed by atoms with van der Waals surface area (Å²) < 4.78 is 0. The van der Waals surface area contributed by atoms with E-state index in [2.05, 4.69) is 0 Å². The highest BCUT2D eigenvalue weighted by Crippen LogP contribution is 2.35. The highest BCUT2D eigenvalue weighted by Gasteiger charge is 2.28. The van der Waals surface area contributed by atoms with Gasteiger partial charge in [0.05, 0.1) is 11.4 Å². The molecule has 33 heavy (non-hydrogen) atoms. The molecule has 0 spiro atoms. The largest absolute Gasteiger partial charge is 0.269 e. The summed E-state index contributed by atoms with van der Waals surface area (Å²) in [5, 5.41) is 2.90. The van der Waals surface area contributed by atoms with E-state index in [4.69, 9.17) is 0 Å². The molecule has 0 saturated carbocycles. The van der Waals surface area contributed by atoms with Crippen molar-refractivity contribution in [1.82, 2.24) is 0 Å². The summed E-state index contributed by atoms with van der Waals surface area (Å²) in [6.07, 6.45) is 5.04. The molecule has 2 heterocycles. The monoisotopic (exact) mass is 452 g/mol. The van der Waals surface area contributed by atoms with Gasteiger partial charge in [0.25, 0.3) is 23.6 Å². The molecular formula is C26H17N2O4P. The Hall–Kier alpha value is -4.15. The van der Waals surface area contributed by atoms with Crippen molar-refractivity contribution in [3.05, 3.63) is 103 Å².